The predicted octanol–water partition coefficient (Wildman–Crippen LogP) is 3.14. The average Bonchev–Trinajstić information content (AvgIpc) is 3.27. The van der Waals surface area contributed by atoms with Crippen molar-refractivity contribution in [2.45, 2.75) is 31.3 Å². The summed E-state index contributed by atoms with van der Waals surface area (Å²) in [7, 11) is 0. The number of anilines is 1. The van der Waals surface area contributed by atoms with Crippen LogP contribution in [0.1, 0.15) is 25.7 Å². The number of aliphatic hydroxyl groups is 1. The standard InChI is InChI=1S/C20H22N4O/c25-20(8-9-20)16-7-4-11-23(14-16)19-18-13-17(15-5-2-1-3-6-15)22-24(18)12-10-21-19/h1-3,5-6,10,12-13,16,25H,4,7-9,11,14H2. The molecule has 2 aliphatic rings. The van der Waals surface area contributed by atoms with E-state index in [-0.39, 0.29) is 0 Å². The molecule has 5 nitrogen and oxygen atoms in total. The first kappa shape index (κ1) is 14.9. The van der Waals surface area contributed by atoms with E-state index in [1.54, 1.807) is 0 Å². The summed E-state index contributed by atoms with van der Waals surface area (Å²) in [5, 5.41) is 15.2. The van der Waals surface area contributed by atoms with E-state index in [9.17, 15) is 5.11 Å². The Balaban J connectivity index is 1.52. The highest BCUT2D eigenvalue weighted by Gasteiger charge is 2.48. The maximum Gasteiger partial charge on any atom is 0.154 e. The molecule has 3 heterocycles. The average molecular weight is 334 g/mol. The lowest BCUT2D eigenvalue weighted by atomic mass is 9.90. The number of rotatable bonds is 3. The molecule has 5 rings (SSSR count). The van der Waals surface area contributed by atoms with E-state index in [4.69, 9.17) is 5.10 Å². The topological polar surface area (TPSA) is 53.7 Å². The van der Waals surface area contributed by atoms with Gasteiger partial charge in [0.1, 0.15) is 5.52 Å². The van der Waals surface area contributed by atoms with Gasteiger partial charge in [0.2, 0.25) is 0 Å². The van der Waals surface area contributed by atoms with Crippen LogP contribution in [0.3, 0.4) is 0 Å². The summed E-state index contributed by atoms with van der Waals surface area (Å²) in [5.41, 5.74) is 2.69. The second kappa shape index (κ2) is 5.56. The highest BCUT2D eigenvalue weighted by Crippen LogP contribution is 2.46. The first-order valence-corrected chi connectivity index (χ1v) is 9.10. The fraction of sp³-hybridized carbons (Fsp3) is 0.400. The van der Waals surface area contributed by atoms with Crippen LogP contribution >= 0.6 is 0 Å². The minimum atomic E-state index is -0.417. The summed E-state index contributed by atoms with van der Waals surface area (Å²) in [4.78, 5) is 6.99. The van der Waals surface area contributed by atoms with Crippen LogP contribution in [-0.4, -0.2) is 38.4 Å². The first-order valence-electron chi connectivity index (χ1n) is 9.10. The molecule has 25 heavy (non-hydrogen) atoms. The van der Waals surface area contributed by atoms with Crippen molar-refractivity contribution in [3.63, 3.8) is 0 Å². The molecular formula is C20H22N4O. The molecule has 0 spiro atoms. The van der Waals surface area contributed by atoms with Crippen molar-refractivity contribution in [1.29, 1.82) is 0 Å². The smallest absolute Gasteiger partial charge is 0.154 e. The van der Waals surface area contributed by atoms with Crippen LogP contribution < -0.4 is 4.90 Å². The van der Waals surface area contributed by atoms with Crippen LogP contribution in [0.5, 0.6) is 0 Å². The minimum Gasteiger partial charge on any atom is -0.390 e. The van der Waals surface area contributed by atoms with Gasteiger partial charge in [-0.1, -0.05) is 30.3 Å². The fourth-order valence-electron chi connectivity index (χ4n) is 4.05. The Morgan fingerprint density at radius 2 is 2.00 bits per heavy atom. The summed E-state index contributed by atoms with van der Waals surface area (Å²) < 4.78 is 1.92. The molecule has 0 radical (unpaired) electrons. The Morgan fingerprint density at radius 3 is 2.80 bits per heavy atom. The molecule has 128 valence electrons. The number of aromatic nitrogens is 3. The van der Waals surface area contributed by atoms with Crippen LogP contribution in [0, 0.1) is 5.92 Å². The zero-order valence-corrected chi connectivity index (χ0v) is 14.2. The number of fused-ring (bicyclic) bond motifs is 1. The lowest BCUT2D eigenvalue weighted by Gasteiger charge is -2.36. The summed E-state index contributed by atoms with van der Waals surface area (Å²) >= 11 is 0. The van der Waals surface area contributed by atoms with Gasteiger partial charge in [-0.15, -0.1) is 0 Å². The quantitative estimate of drug-likeness (QED) is 0.799. The molecule has 0 bridgehead atoms. The van der Waals surface area contributed by atoms with E-state index in [1.165, 1.54) is 0 Å². The normalized spacial score (nSPS) is 22.3. The predicted molar refractivity (Wildman–Crippen MR) is 97.5 cm³/mol. The van der Waals surface area contributed by atoms with E-state index < -0.39 is 5.60 Å². The molecule has 1 unspecified atom stereocenters. The van der Waals surface area contributed by atoms with E-state index in [0.717, 1.165) is 61.4 Å². The van der Waals surface area contributed by atoms with E-state index in [1.807, 2.05) is 35.1 Å². The van der Waals surface area contributed by atoms with Crippen LogP contribution in [0.15, 0.2) is 48.8 Å². The number of hydrogen-bond donors (Lipinski definition) is 1. The van der Waals surface area contributed by atoms with Crippen molar-refractivity contribution in [3.05, 3.63) is 48.8 Å². The Morgan fingerprint density at radius 1 is 1.16 bits per heavy atom. The van der Waals surface area contributed by atoms with Crippen LogP contribution in [0.2, 0.25) is 0 Å². The van der Waals surface area contributed by atoms with Gasteiger partial charge in [0.05, 0.1) is 11.3 Å². The Bertz CT molecular complexity index is 900. The first-order chi connectivity index (χ1) is 12.2. The van der Waals surface area contributed by atoms with Gasteiger partial charge in [-0.25, -0.2) is 9.50 Å². The van der Waals surface area contributed by atoms with E-state index in [2.05, 4.69) is 28.1 Å². The van der Waals surface area contributed by atoms with Gasteiger partial charge in [-0.05, 0) is 31.7 Å². The molecular weight excluding hydrogens is 312 g/mol. The largest absolute Gasteiger partial charge is 0.390 e. The lowest BCUT2D eigenvalue weighted by Crippen LogP contribution is -2.41. The number of hydrogen-bond acceptors (Lipinski definition) is 4. The van der Waals surface area contributed by atoms with Crippen molar-refractivity contribution < 1.29 is 5.11 Å². The SMILES string of the molecule is OC1(C2CCCN(c3nccn4nc(-c5ccccc5)cc34)C2)CC1. The Hall–Kier alpha value is -2.40. The molecule has 1 saturated carbocycles. The molecule has 1 N–H and O–H groups in total. The molecule has 2 fully saturated rings. The van der Waals surface area contributed by atoms with Crippen molar-refractivity contribution >= 4 is 11.3 Å². The Kier molecular flexibility index (Phi) is 3.31. The summed E-state index contributed by atoms with van der Waals surface area (Å²) in [5.74, 6) is 1.34. The molecule has 0 amide bonds. The maximum atomic E-state index is 10.5. The fourth-order valence-corrected chi connectivity index (χ4v) is 4.05. The van der Waals surface area contributed by atoms with Gasteiger partial charge < -0.3 is 10.0 Å². The summed E-state index contributed by atoms with van der Waals surface area (Å²) in [6.45, 7) is 1.88. The van der Waals surface area contributed by atoms with E-state index >= 15 is 0 Å². The summed E-state index contributed by atoms with van der Waals surface area (Å²) in [6, 6.07) is 12.4. The van der Waals surface area contributed by atoms with Crippen molar-refractivity contribution in [1.82, 2.24) is 14.6 Å². The number of benzene rings is 1. The van der Waals surface area contributed by atoms with Crippen molar-refractivity contribution in [2.75, 3.05) is 18.0 Å². The third-order valence-electron chi connectivity index (χ3n) is 5.68. The second-order valence-electron chi connectivity index (χ2n) is 7.37. The zero-order valence-electron chi connectivity index (χ0n) is 14.2. The molecule has 2 aromatic heterocycles. The van der Waals surface area contributed by atoms with Gasteiger partial charge in [0.15, 0.2) is 5.82 Å². The van der Waals surface area contributed by atoms with Gasteiger partial charge in [0.25, 0.3) is 0 Å². The molecule has 5 heteroatoms. The van der Waals surface area contributed by atoms with Gasteiger partial charge in [0, 0.05) is 37.0 Å². The number of nitrogens with zero attached hydrogens (tertiary/aromatic N) is 4. The van der Waals surface area contributed by atoms with Crippen molar-refractivity contribution in [3.8, 4) is 11.3 Å². The van der Waals surface area contributed by atoms with Gasteiger partial charge in [-0.3, -0.25) is 0 Å². The molecule has 1 aliphatic carbocycles. The molecule has 1 atom stereocenters. The van der Waals surface area contributed by atoms with Crippen molar-refractivity contribution in [2.24, 2.45) is 5.92 Å². The molecule has 1 aromatic carbocycles. The zero-order chi connectivity index (χ0) is 16.9. The Labute approximate surface area is 146 Å². The molecule has 1 saturated heterocycles. The number of piperidine rings is 1. The monoisotopic (exact) mass is 334 g/mol. The van der Waals surface area contributed by atoms with Gasteiger partial charge in [-0.2, -0.15) is 5.10 Å². The third-order valence-corrected chi connectivity index (χ3v) is 5.68. The lowest BCUT2D eigenvalue weighted by molar-refractivity contribution is 0.0730. The minimum absolute atomic E-state index is 0.361. The van der Waals surface area contributed by atoms with Crippen LogP contribution in [-0.2, 0) is 0 Å². The van der Waals surface area contributed by atoms with Gasteiger partial charge >= 0.3 is 0 Å². The highest BCUT2D eigenvalue weighted by atomic mass is 16.3. The third kappa shape index (κ3) is 2.59. The van der Waals surface area contributed by atoms with Crippen LogP contribution in [0.4, 0.5) is 5.82 Å². The molecule has 1 aliphatic heterocycles. The highest BCUT2D eigenvalue weighted by molar-refractivity contribution is 5.75. The van der Waals surface area contributed by atoms with E-state index in [0.29, 0.717) is 5.92 Å². The molecule has 3 aromatic rings. The second-order valence-corrected chi connectivity index (χ2v) is 7.37. The summed E-state index contributed by atoms with van der Waals surface area (Å²) in [6.07, 6.45) is 7.85. The maximum absolute atomic E-state index is 10.5. The van der Waals surface area contributed by atoms with Crippen LogP contribution in [0.25, 0.3) is 16.8 Å².